The van der Waals surface area contributed by atoms with Gasteiger partial charge < -0.3 is 15.7 Å². The molecule has 160 valence electrons. The fourth-order valence-corrected chi connectivity index (χ4v) is 3.62. The van der Waals surface area contributed by atoms with Gasteiger partial charge in [0.25, 0.3) is 5.91 Å². The number of aliphatic hydroxyl groups is 1. The van der Waals surface area contributed by atoms with Crippen LogP contribution in [0.2, 0.25) is 0 Å². The van der Waals surface area contributed by atoms with Crippen LogP contribution in [0.3, 0.4) is 0 Å². The van der Waals surface area contributed by atoms with E-state index < -0.39 is 5.60 Å². The minimum Gasteiger partial charge on any atom is -0.389 e. The van der Waals surface area contributed by atoms with Crippen molar-refractivity contribution in [2.24, 2.45) is 5.92 Å². The van der Waals surface area contributed by atoms with Gasteiger partial charge in [-0.15, -0.1) is 0 Å². The molecule has 3 N–H and O–H groups in total. The molecule has 0 spiro atoms. The summed E-state index contributed by atoms with van der Waals surface area (Å²) in [7, 11) is 0. The minimum absolute atomic E-state index is 0.0859. The molecule has 1 aliphatic carbocycles. The van der Waals surface area contributed by atoms with Gasteiger partial charge in [-0.2, -0.15) is 0 Å². The van der Waals surface area contributed by atoms with Gasteiger partial charge in [-0.1, -0.05) is 18.6 Å². The number of halogens is 1. The predicted octanol–water partition coefficient (Wildman–Crippen LogP) is 3.06. The largest absolute Gasteiger partial charge is 0.389 e. The highest BCUT2D eigenvalue weighted by Gasteiger charge is 2.29. The average Bonchev–Trinajstić information content (AvgIpc) is 2.72. The standard InChI is InChI=1S/C23H28FN3O3/c1-23(2,30)14-26-21(28)16-6-4-8-19(12-16)27-22(29)17-9-10-20(25-13-17)15-5-3-7-18(24)11-15/h3,5,7,9-11,13,16,19,30H,4,6,8,12,14H2,1-2H3,(H,26,28)(H,27,29)/t16-,19+/m0/s1. The molecule has 1 heterocycles. The Morgan fingerprint density at radius 2 is 2.03 bits per heavy atom. The molecule has 1 aliphatic rings. The number of aromatic nitrogens is 1. The summed E-state index contributed by atoms with van der Waals surface area (Å²) in [6, 6.07) is 9.41. The van der Waals surface area contributed by atoms with Gasteiger partial charge in [0.15, 0.2) is 0 Å². The SMILES string of the molecule is CC(C)(O)CNC(=O)[C@H]1CCC[C@@H](NC(=O)c2ccc(-c3cccc(F)c3)nc2)C1. The fourth-order valence-electron chi connectivity index (χ4n) is 3.62. The molecule has 1 aromatic carbocycles. The van der Waals surface area contributed by atoms with Gasteiger partial charge in [-0.25, -0.2) is 4.39 Å². The Morgan fingerprint density at radius 3 is 2.70 bits per heavy atom. The number of hydrogen-bond acceptors (Lipinski definition) is 4. The lowest BCUT2D eigenvalue weighted by Gasteiger charge is -2.29. The van der Waals surface area contributed by atoms with Crippen molar-refractivity contribution in [3.8, 4) is 11.3 Å². The number of nitrogens with one attached hydrogen (secondary N) is 2. The van der Waals surface area contributed by atoms with Crippen molar-refractivity contribution in [2.45, 2.75) is 51.2 Å². The molecule has 2 aromatic rings. The summed E-state index contributed by atoms with van der Waals surface area (Å²) < 4.78 is 13.4. The van der Waals surface area contributed by atoms with Gasteiger partial charge in [-0.05, 0) is 57.4 Å². The number of nitrogens with zero attached hydrogens (tertiary/aromatic N) is 1. The maximum absolute atomic E-state index is 13.4. The summed E-state index contributed by atoms with van der Waals surface area (Å²) in [5.41, 5.74) is 0.702. The van der Waals surface area contributed by atoms with Crippen molar-refractivity contribution in [1.82, 2.24) is 15.6 Å². The van der Waals surface area contributed by atoms with Crippen molar-refractivity contribution in [2.75, 3.05) is 6.54 Å². The lowest BCUT2D eigenvalue weighted by atomic mass is 9.85. The van der Waals surface area contributed by atoms with Crippen molar-refractivity contribution in [1.29, 1.82) is 0 Å². The van der Waals surface area contributed by atoms with Crippen LogP contribution in [-0.2, 0) is 4.79 Å². The third kappa shape index (κ3) is 6.10. The first-order valence-corrected chi connectivity index (χ1v) is 10.2. The van der Waals surface area contributed by atoms with E-state index in [0.717, 1.165) is 19.3 Å². The third-order valence-electron chi connectivity index (χ3n) is 5.22. The minimum atomic E-state index is -0.956. The van der Waals surface area contributed by atoms with Crippen LogP contribution in [0.4, 0.5) is 4.39 Å². The first kappa shape index (κ1) is 21.9. The van der Waals surface area contributed by atoms with Crippen molar-refractivity contribution in [3.05, 3.63) is 54.0 Å². The molecule has 6 nitrogen and oxygen atoms in total. The summed E-state index contributed by atoms with van der Waals surface area (Å²) in [6.45, 7) is 3.48. The second-order valence-corrected chi connectivity index (χ2v) is 8.51. The van der Waals surface area contributed by atoms with Crippen LogP contribution in [-0.4, -0.2) is 40.1 Å². The number of benzene rings is 1. The van der Waals surface area contributed by atoms with E-state index in [0.29, 0.717) is 23.2 Å². The molecule has 0 aliphatic heterocycles. The highest BCUT2D eigenvalue weighted by Crippen LogP contribution is 2.25. The van der Waals surface area contributed by atoms with Crippen LogP contribution in [0.1, 0.15) is 49.9 Å². The maximum atomic E-state index is 13.4. The van der Waals surface area contributed by atoms with Crippen LogP contribution in [0.25, 0.3) is 11.3 Å². The monoisotopic (exact) mass is 413 g/mol. The van der Waals surface area contributed by atoms with Gasteiger partial charge in [0.2, 0.25) is 5.91 Å². The molecular weight excluding hydrogens is 385 g/mol. The molecule has 0 saturated heterocycles. The van der Waals surface area contributed by atoms with E-state index in [1.807, 2.05) is 0 Å². The molecule has 7 heteroatoms. The molecule has 2 amide bonds. The molecule has 0 radical (unpaired) electrons. The number of carbonyl (C=O) groups excluding carboxylic acids is 2. The highest BCUT2D eigenvalue weighted by atomic mass is 19.1. The Hall–Kier alpha value is -2.80. The van der Waals surface area contributed by atoms with Gasteiger partial charge in [0, 0.05) is 30.3 Å². The van der Waals surface area contributed by atoms with E-state index >= 15 is 0 Å². The van der Waals surface area contributed by atoms with Crippen molar-refractivity contribution < 1.29 is 19.1 Å². The quantitative estimate of drug-likeness (QED) is 0.679. The highest BCUT2D eigenvalue weighted by molar-refractivity contribution is 5.94. The summed E-state index contributed by atoms with van der Waals surface area (Å²) >= 11 is 0. The number of amides is 2. The Kier molecular flexibility index (Phi) is 6.82. The Balaban J connectivity index is 1.57. The van der Waals surface area contributed by atoms with E-state index in [-0.39, 0.29) is 36.1 Å². The number of pyridine rings is 1. The van der Waals surface area contributed by atoms with Gasteiger partial charge >= 0.3 is 0 Å². The van der Waals surface area contributed by atoms with E-state index in [2.05, 4.69) is 15.6 Å². The number of rotatable bonds is 6. The summed E-state index contributed by atoms with van der Waals surface area (Å²) in [6.07, 6.45) is 4.48. The lowest BCUT2D eigenvalue weighted by Crippen LogP contribution is -2.45. The van der Waals surface area contributed by atoms with Gasteiger partial charge in [0.1, 0.15) is 5.82 Å². The molecule has 3 rings (SSSR count). The van der Waals surface area contributed by atoms with E-state index in [9.17, 15) is 19.1 Å². The fraction of sp³-hybridized carbons (Fsp3) is 0.435. The molecule has 2 atom stereocenters. The molecule has 0 unspecified atom stereocenters. The molecular formula is C23H28FN3O3. The van der Waals surface area contributed by atoms with E-state index in [4.69, 9.17) is 0 Å². The van der Waals surface area contributed by atoms with Crippen LogP contribution in [0.15, 0.2) is 42.6 Å². The predicted molar refractivity (Wildman–Crippen MR) is 112 cm³/mol. The number of carbonyl (C=O) groups is 2. The van der Waals surface area contributed by atoms with E-state index in [1.165, 1.54) is 18.3 Å². The average molecular weight is 413 g/mol. The van der Waals surface area contributed by atoms with Crippen LogP contribution in [0.5, 0.6) is 0 Å². The Bertz CT molecular complexity index is 893. The Morgan fingerprint density at radius 1 is 1.23 bits per heavy atom. The Labute approximate surface area is 175 Å². The smallest absolute Gasteiger partial charge is 0.253 e. The maximum Gasteiger partial charge on any atom is 0.253 e. The molecule has 30 heavy (non-hydrogen) atoms. The first-order valence-electron chi connectivity index (χ1n) is 10.2. The first-order chi connectivity index (χ1) is 14.2. The third-order valence-corrected chi connectivity index (χ3v) is 5.22. The molecule has 0 bridgehead atoms. The summed E-state index contributed by atoms with van der Waals surface area (Å²) in [5.74, 6) is -0.845. The van der Waals surface area contributed by atoms with Gasteiger partial charge in [-0.3, -0.25) is 14.6 Å². The van der Waals surface area contributed by atoms with Crippen LogP contribution < -0.4 is 10.6 Å². The zero-order chi connectivity index (χ0) is 21.7. The number of hydrogen-bond donors (Lipinski definition) is 3. The molecule has 1 fully saturated rings. The summed E-state index contributed by atoms with van der Waals surface area (Å²) in [5, 5.41) is 15.5. The van der Waals surface area contributed by atoms with Crippen molar-refractivity contribution >= 4 is 11.8 Å². The van der Waals surface area contributed by atoms with Gasteiger partial charge in [0.05, 0.1) is 16.9 Å². The summed E-state index contributed by atoms with van der Waals surface area (Å²) in [4.78, 5) is 29.3. The molecule has 1 aromatic heterocycles. The van der Waals surface area contributed by atoms with Crippen molar-refractivity contribution in [3.63, 3.8) is 0 Å². The zero-order valence-corrected chi connectivity index (χ0v) is 17.3. The second kappa shape index (κ2) is 9.34. The van der Waals surface area contributed by atoms with Crippen LogP contribution >= 0.6 is 0 Å². The topological polar surface area (TPSA) is 91.3 Å². The lowest BCUT2D eigenvalue weighted by molar-refractivity contribution is -0.127. The van der Waals surface area contributed by atoms with E-state index in [1.54, 1.807) is 38.1 Å². The van der Waals surface area contributed by atoms with Crippen LogP contribution in [0, 0.1) is 11.7 Å². The molecule has 1 saturated carbocycles. The zero-order valence-electron chi connectivity index (χ0n) is 17.3. The normalized spacial score (nSPS) is 19.2. The second-order valence-electron chi connectivity index (χ2n) is 8.51.